The largest absolute Gasteiger partial charge is 0.506 e. The number of nitriles is 2. The summed E-state index contributed by atoms with van der Waals surface area (Å²) in [5, 5.41) is 26.1. The Bertz CT molecular complexity index is 1180. The van der Waals surface area contributed by atoms with Crippen LogP contribution in [0, 0.1) is 37.9 Å². The molecule has 5 nitrogen and oxygen atoms in total. The zero-order valence-electron chi connectivity index (χ0n) is 13.8. The molecule has 0 aliphatic carbocycles. The van der Waals surface area contributed by atoms with Crippen LogP contribution in [0.4, 0.5) is 8.78 Å². The second-order valence-electron chi connectivity index (χ2n) is 5.23. The van der Waals surface area contributed by atoms with E-state index in [2.05, 4.69) is 0 Å². The highest BCUT2D eigenvalue weighted by molar-refractivity contribution is 14.1. The summed E-state index contributed by atoms with van der Waals surface area (Å²) < 4.78 is 27.9. The number of hydrogen-bond acceptors (Lipinski definition) is 4. The summed E-state index contributed by atoms with van der Waals surface area (Å²) in [5.41, 5.74) is -0.350. The number of halogens is 4. The average Bonchev–Trinajstić information content (AvgIpc) is 2.65. The number of nitrogens with zero attached hydrogens (tertiary/aromatic N) is 3. The van der Waals surface area contributed by atoms with Gasteiger partial charge in [0.1, 0.15) is 29.5 Å². The number of benzene rings is 2. The minimum absolute atomic E-state index is 0.0284. The van der Waals surface area contributed by atoms with E-state index in [1.807, 2.05) is 22.6 Å². The van der Waals surface area contributed by atoms with E-state index in [1.54, 1.807) is 18.2 Å². The first-order valence-electron chi connectivity index (χ1n) is 7.43. The third kappa shape index (κ3) is 5.06. The average molecular weight is 512 g/mol. The van der Waals surface area contributed by atoms with E-state index in [4.69, 9.17) is 22.1 Å². The molecule has 0 saturated heterocycles. The zero-order valence-corrected chi connectivity index (χ0v) is 16.7. The predicted molar refractivity (Wildman–Crippen MR) is 107 cm³/mol. The van der Waals surface area contributed by atoms with Crippen molar-refractivity contribution in [1.82, 2.24) is 4.57 Å². The van der Waals surface area contributed by atoms with Gasteiger partial charge in [0.05, 0.1) is 21.8 Å². The van der Waals surface area contributed by atoms with Gasteiger partial charge in [-0.15, -0.1) is 0 Å². The summed E-state index contributed by atoms with van der Waals surface area (Å²) in [4.78, 5) is 11.6. The van der Waals surface area contributed by atoms with E-state index < -0.39 is 17.2 Å². The fourth-order valence-electron chi connectivity index (χ4n) is 2.03. The molecule has 0 spiro atoms. The Balaban J connectivity index is 0.000000237. The van der Waals surface area contributed by atoms with Crippen LogP contribution in [0.3, 0.4) is 0 Å². The Morgan fingerprint density at radius 2 is 1.57 bits per heavy atom. The summed E-state index contributed by atoms with van der Waals surface area (Å²) in [5.74, 6) is -1.52. The summed E-state index contributed by atoms with van der Waals surface area (Å²) in [7, 11) is 0. The molecule has 140 valence electrons. The molecular formula is C19H9ClF2IN3O2. The van der Waals surface area contributed by atoms with Crippen LogP contribution in [0.15, 0.2) is 53.5 Å². The van der Waals surface area contributed by atoms with Gasteiger partial charge in [-0.05, 0) is 59.0 Å². The molecule has 9 heteroatoms. The fraction of sp³-hybridized carbons (Fsp3) is 0. The van der Waals surface area contributed by atoms with Crippen molar-refractivity contribution in [2.75, 3.05) is 0 Å². The Morgan fingerprint density at radius 1 is 1.00 bits per heavy atom. The standard InChI is InChI=1S/C12H6ClFN2O2.C7H3FIN/c13-9-6-16(12(18)4-11(9)17)8-2-1-7(5-15)10(14)3-8;8-7-3-6(9)2-1-5(7)4-10/h1-4,6,17H;1-3H. The lowest BCUT2D eigenvalue weighted by Gasteiger charge is -2.07. The van der Waals surface area contributed by atoms with Crippen molar-refractivity contribution in [2.24, 2.45) is 0 Å². The van der Waals surface area contributed by atoms with E-state index in [-0.39, 0.29) is 27.6 Å². The smallest absolute Gasteiger partial charge is 0.258 e. The first-order valence-corrected chi connectivity index (χ1v) is 8.89. The molecule has 0 aliphatic heterocycles. The van der Waals surface area contributed by atoms with Gasteiger partial charge in [0, 0.05) is 15.8 Å². The highest BCUT2D eigenvalue weighted by Crippen LogP contribution is 2.21. The third-order valence-electron chi connectivity index (χ3n) is 3.39. The first-order chi connectivity index (χ1) is 13.3. The number of rotatable bonds is 1. The van der Waals surface area contributed by atoms with Crippen LogP contribution in [0.5, 0.6) is 5.75 Å². The molecule has 1 heterocycles. The van der Waals surface area contributed by atoms with Crippen molar-refractivity contribution in [3.63, 3.8) is 0 Å². The highest BCUT2D eigenvalue weighted by Gasteiger charge is 2.08. The third-order valence-corrected chi connectivity index (χ3v) is 4.35. The molecule has 28 heavy (non-hydrogen) atoms. The van der Waals surface area contributed by atoms with Gasteiger partial charge in [-0.3, -0.25) is 9.36 Å². The number of aromatic hydroxyl groups is 1. The van der Waals surface area contributed by atoms with Crippen LogP contribution in [-0.4, -0.2) is 9.67 Å². The molecule has 1 N–H and O–H groups in total. The number of aromatic nitrogens is 1. The summed E-state index contributed by atoms with van der Waals surface area (Å²) >= 11 is 7.67. The van der Waals surface area contributed by atoms with Crippen LogP contribution in [-0.2, 0) is 0 Å². The quantitative estimate of drug-likeness (QED) is 0.487. The lowest BCUT2D eigenvalue weighted by molar-refractivity contribution is 0.473. The van der Waals surface area contributed by atoms with Crippen molar-refractivity contribution in [2.45, 2.75) is 0 Å². The van der Waals surface area contributed by atoms with Crippen LogP contribution < -0.4 is 5.56 Å². The molecule has 0 fully saturated rings. The summed E-state index contributed by atoms with van der Waals surface area (Å²) in [6, 6.07) is 12.6. The molecule has 2 aromatic carbocycles. The Kier molecular flexibility index (Phi) is 7.10. The maximum absolute atomic E-state index is 13.4. The van der Waals surface area contributed by atoms with Crippen molar-refractivity contribution < 1.29 is 13.9 Å². The maximum atomic E-state index is 13.4. The SMILES string of the molecule is N#Cc1ccc(-n2cc(Cl)c(O)cc2=O)cc1F.N#Cc1ccc(I)cc1F. The highest BCUT2D eigenvalue weighted by atomic mass is 127. The van der Waals surface area contributed by atoms with Gasteiger partial charge in [-0.25, -0.2) is 8.78 Å². The molecule has 1 aromatic heterocycles. The summed E-state index contributed by atoms with van der Waals surface area (Å²) in [6.45, 7) is 0. The van der Waals surface area contributed by atoms with Crippen molar-refractivity contribution >= 4 is 34.2 Å². The van der Waals surface area contributed by atoms with Crippen molar-refractivity contribution in [3.05, 3.63) is 90.4 Å². The maximum Gasteiger partial charge on any atom is 0.258 e. The van der Waals surface area contributed by atoms with Crippen molar-refractivity contribution in [3.8, 4) is 23.6 Å². The van der Waals surface area contributed by atoms with E-state index in [0.717, 1.165) is 20.3 Å². The normalized spacial score (nSPS) is 9.64. The van der Waals surface area contributed by atoms with E-state index >= 15 is 0 Å². The van der Waals surface area contributed by atoms with Crippen LogP contribution in [0.25, 0.3) is 5.69 Å². The minimum Gasteiger partial charge on any atom is -0.506 e. The summed E-state index contributed by atoms with van der Waals surface area (Å²) in [6.07, 6.45) is 1.18. The molecule has 3 aromatic rings. The minimum atomic E-state index is -0.730. The first kappa shape index (κ1) is 21.4. The van der Waals surface area contributed by atoms with Gasteiger partial charge >= 0.3 is 0 Å². The Hall–Kier alpha value is -2.95. The topological polar surface area (TPSA) is 89.8 Å². The van der Waals surface area contributed by atoms with E-state index in [0.29, 0.717) is 0 Å². The van der Waals surface area contributed by atoms with Gasteiger partial charge in [0.2, 0.25) is 0 Å². The van der Waals surface area contributed by atoms with Crippen molar-refractivity contribution in [1.29, 1.82) is 10.5 Å². The molecule has 0 atom stereocenters. The Labute approximate surface area is 176 Å². The molecule has 0 unspecified atom stereocenters. The van der Waals surface area contributed by atoms with E-state index in [1.165, 1.54) is 30.5 Å². The second-order valence-corrected chi connectivity index (χ2v) is 6.88. The predicted octanol–water partition coefficient (Wildman–Crippen LogP) is 4.51. The molecule has 0 amide bonds. The van der Waals surface area contributed by atoms with Gasteiger partial charge in [0.25, 0.3) is 5.56 Å². The van der Waals surface area contributed by atoms with Crippen LogP contribution in [0.2, 0.25) is 5.02 Å². The van der Waals surface area contributed by atoms with Crippen LogP contribution in [0.1, 0.15) is 11.1 Å². The number of hydrogen-bond donors (Lipinski definition) is 1. The van der Waals surface area contributed by atoms with Gasteiger partial charge < -0.3 is 5.11 Å². The van der Waals surface area contributed by atoms with Gasteiger partial charge in [-0.1, -0.05) is 11.6 Å². The Morgan fingerprint density at radius 3 is 2.11 bits per heavy atom. The van der Waals surface area contributed by atoms with Crippen LogP contribution >= 0.6 is 34.2 Å². The molecule has 3 rings (SSSR count). The fourth-order valence-corrected chi connectivity index (χ4v) is 2.63. The molecule has 0 radical (unpaired) electrons. The van der Waals surface area contributed by atoms with Gasteiger partial charge in [-0.2, -0.15) is 10.5 Å². The second kappa shape index (κ2) is 9.31. The molecule has 0 bridgehead atoms. The monoisotopic (exact) mass is 511 g/mol. The lowest BCUT2D eigenvalue weighted by atomic mass is 10.2. The zero-order chi connectivity index (χ0) is 20.8. The van der Waals surface area contributed by atoms with Gasteiger partial charge in [0.15, 0.2) is 0 Å². The molecular weight excluding hydrogens is 503 g/mol. The molecule has 0 saturated carbocycles. The number of pyridine rings is 1. The van der Waals surface area contributed by atoms with E-state index in [9.17, 15) is 18.7 Å². The molecule has 0 aliphatic rings. The lowest BCUT2D eigenvalue weighted by Crippen LogP contribution is -2.16.